The lowest BCUT2D eigenvalue weighted by Crippen LogP contribution is -2.40. The lowest BCUT2D eigenvalue weighted by Gasteiger charge is -2.29. The third-order valence-electron chi connectivity index (χ3n) is 3.08. The molecular weight excluding hydrogens is 172 g/mol. The number of unbranched alkanes of at least 4 members (excludes halogenated alkanes) is 1. The highest BCUT2D eigenvalue weighted by molar-refractivity contribution is 4.71. The highest BCUT2D eigenvalue weighted by atomic mass is 15.1. The van der Waals surface area contributed by atoms with Gasteiger partial charge in [0.2, 0.25) is 0 Å². The molecule has 0 amide bonds. The second-order valence-corrected chi connectivity index (χ2v) is 4.48. The summed E-state index contributed by atoms with van der Waals surface area (Å²) in [5, 5.41) is 0. The van der Waals surface area contributed by atoms with Crippen LogP contribution in [0.2, 0.25) is 0 Å². The molecule has 0 aliphatic heterocycles. The number of nitrogens with two attached hydrogens (primary N) is 1. The van der Waals surface area contributed by atoms with E-state index in [9.17, 15) is 0 Å². The fourth-order valence-electron chi connectivity index (χ4n) is 1.73. The molecular formula is C12H28N2. The Bertz CT molecular complexity index is 125. The van der Waals surface area contributed by atoms with Gasteiger partial charge in [-0.05, 0) is 19.4 Å². The van der Waals surface area contributed by atoms with Crippen molar-refractivity contribution in [3.05, 3.63) is 0 Å². The normalized spacial score (nSPS) is 15.9. The largest absolute Gasteiger partial charge is 0.329 e. The third kappa shape index (κ3) is 5.61. The minimum atomic E-state index is 0.587. The van der Waals surface area contributed by atoms with Gasteiger partial charge in [-0.2, -0.15) is 0 Å². The van der Waals surface area contributed by atoms with Crippen LogP contribution < -0.4 is 5.73 Å². The van der Waals surface area contributed by atoms with Crippen LogP contribution in [0.4, 0.5) is 0 Å². The molecule has 2 atom stereocenters. The lowest BCUT2D eigenvalue weighted by atomic mass is 10.1. The van der Waals surface area contributed by atoms with E-state index in [-0.39, 0.29) is 0 Å². The number of hydrogen-bond donors (Lipinski definition) is 1. The van der Waals surface area contributed by atoms with Gasteiger partial charge in [-0.3, -0.25) is 0 Å². The lowest BCUT2D eigenvalue weighted by molar-refractivity contribution is 0.201. The van der Waals surface area contributed by atoms with Crippen molar-refractivity contribution in [3.8, 4) is 0 Å². The zero-order chi connectivity index (χ0) is 11.0. The second kappa shape index (κ2) is 8.25. The van der Waals surface area contributed by atoms with E-state index in [0.29, 0.717) is 6.04 Å². The molecule has 0 aromatic carbocycles. The molecule has 0 saturated heterocycles. The topological polar surface area (TPSA) is 29.3 Å². The fraction of sp³-hybridized carbons (Fsp3) is 1.00. The van der Waals surface area contributed by atoms with Crippen molar-refractivity contribution < 1.29 is 0 Å². The van der Waals surface area contributed by atoms with Crippen LogP contribution in [-0.2, 0) is 0 Å². The summed E-state index contributed by atoms with van der Waals surface area (Å²) in [5.41, 5.74) is 5.79. The predicted octanol–water partition coefficient (Wildman–Crippen LogP) is 2.48. The van der Waals surface area contributed by atoms with Gasteiger partial charge in [-0.25, -0.2) is 0 Å². The summed E-state index contributed by atoms with van der Waals surface area (Å²) in [6, 6.07) is 0.587. The smallest absolute Gasteiger partial charge is 0.0215 e. The zero-order valence-electron chi connectivity index (χ0n) is 10.4. The van der Waals surface area contributed by atoms with Gasteiger partial charge in [-0.15, -0.1) is 0 Å². The molecule has 86 valence electrons. The Hall–Kier alpha value is -0.0800. The highest BCUT2D eigenvalue weighted by Gasteiger charge is 2.13. The Morgan fingerprint density at radius 1 is 1.29 bits per heavy atom. The van der Waals surface area contributed by atoms with Crippen LogP contribution in [0.25, 0.3) is 0 Å². The average molecular weight is 200 g/mol. The summed E-state index contributed by atoms with van der Waals surface area (Å²) in [4.78, 5) is 2.43. The molecule has 0 saturated carbocycles. The van der Waals surface area contributed by atoms with E-state index in [4.69, 9.17) is 5.73 Å². The molecule has 2 heteroatoms. The number of rotatable bonds is 8. The van der Waals surface area contributed by atoms with Gasteiger partial charge >= 0.3 is 0 Å². The minimum absolute atomic E-state index is 0.587. The quantitative estimate of drug-likeness (QED) is 0.652. The van der Waals surface area contributed by atoms with Gasteiger partial charge in [0.1, 0.15) is 0 Å². The second-order valence-electron chi connectivity index (χ2n) is 4.48. The summed E-state index contributed by atoms with van der Waals surface area (Å²) in [5.74, 6) is 0.788. The first kappa shape index (κ1) is 13.9. The molecule has 0 fully saturated rings. The molecule has 0 bridgehead atoms. The summed E-state index contributed by atoms with van der Waals surface area (Å²) in [6.07, 6.45) is 5.08. The molecule has 0 aromatic rings. The number of likely N-dealkylation sites (N-methyl/N-ethyl adjacent to an activating group) is 1. The first-order chi connectivity index (χ1) is 6.65. The maximum atomic E-state index is 5.79. The van der Waals surface area contributed by atoms with Gasteiger partial charge in [0, 0.05) is 19.1 Å². The molecule has 0 radical (unpaired) electrons. The van der Waals surface area contributed by atoms with E-state index in [0.717, 1.165) is 12.5 Å². The Morgan fingerprint density at radius 3 is 2.36 bits per heavy atom. The zero-order valence-corrected chi connectivity index (χ0v) is 10.4. The monoisotopic (exact) mass is 200 g/mol. The molecule has 0 aliphatic carbocycles. The maximum Gasteiger partial charge on any atom is 0.0215 e. The van der Waals surface area contributed by atoms with Gasteiger partial charge in [0.25, 0.3) is 0 Å². The Morgan fingerprint density at radius 2 is 1.93 bits per heavy atom. The van der Waals surface area contributed by atoms with Crippen molar-refractivity contribution >= 4 is 0 Å². The van der Waals surface area contributed by atoms with Gasteiger partial charge in [0.15, 0.2) is 0 Å². The van der Waals surface area contributed by atoms with Gasteiger partial charge in [-0.1, -0.05) is 40.0 Å². The summed E-state index contributed by atoms with van der Waals surface area (Å²) in [6.45, 7) is 8.78. The van der Waals surface area contributed by atoms with Crippen LogP contribution in [0.3, 0.4) is 0 Å². The maximum absolute atomic E-state index is 5.79. The average Bonchev–Trinajstić information content (AvgIpc) is 2.18. The van der Waals surface area contributed by atoms with Crippen molar-refractivity contribution in [2.75, 3.05) is 20.1 Å². The highest BCUT2D eigenvalue weighted by Crippen LogP contribution is 2.10. The van der Waals surface area contributed by atoms with Crippen molar-refractivity contribution in [3.63, 3.8) is 0 Å². The van der Waals surface area contributed by atoms with E-state index in [1.807, 2.05) is 0 Å². The molecule has 0 heterocycles. The Labute approximate surface area is 89.9 Å². The molecule has 2 nitrogen and oxygen atoms in total. The predicted molar refractivity (Wildman–Crippen MR) is 64.5 cm³/mol. The summed E-state index contributed by atoms with van der Waals surface area (Å²) in [7, 11) is 2.21. The Kier molecular flexibility index (Phi) is 8.20. The van der Waals surface area contributed by atoms with E-state index < -0.39 is 0 Å². The first-order valence-electron chi connectivity index (χ1n) is 6.05. The van der Waals surface area contributed by atoms with E-state index in [1.54, 1.807) is 0 Å². The molecule has 2 unspecified atom stereocenters. The van der Waals surface area contributed by atoms with Crippen LogP contribution >= 0.6 is 0 Å². The van der Waals surface area contributed by atoms with Crippen LogP contribution in [0, 0.1) is 5.92 Å². The summed E-state index contributed by atoms with van der Waals surface area (Å²) >= 11 is 0. The van der Waals surface area contributed by atoms with Crippen molar-refractivity contribution in [2.45, 2.75) is 52.5 Å². The van der Waals surface area contributed by atoms with Crippen molar-refractivity contribution in [2.24, 2.45) is 11.7 Å². The minimum Gasteiger partial charge on any atom is -0.329 e. The van der Waals surface area contributed by atoms with Crippen LogP contribution in [0.15, 0.2) is 0 Å². The van der Waals surface area contributed by atoms with Crippen LogP contribution in [0.1, 0.15) is 46.5 Å². The molecule has 0 spiro atoms. The number of hydrogen-bond acceptors (Lipinski definition) is 2. The van der Waals surface area contributed by atoms with Crippen molar-refractivity contribution in [1.29, 1.82) is 0 Å². The summed E-state index contributed by atoms with van der Waals surface area (Å²) < 4.78 is 0. The van der Waals surface area contributed by atoms with E-state index >= 15 is 0 Å². The first-order valence-corrected chi connectivity index (χ1v) is 6.05. The van der Waals surface area contributed by atoms with E-state index in [2.05, 4.69) is 32.7 Å². The molecule has 0 aliphatic rings. The molecule has 0 aromatic heterocycles. The molecule has 14 heavy (non-hydrogen) atoms. The molecule has 2 N–H and O–H groups in total. The Balaban J connectivity index is 3.83. The number of nitrogens with zero attached hydrogens (tertiary/aromatic N) is 1. The van der Waals surface area contributed by atoms with Crippen molar-refractivity contribution in [1.82, 2.24) is 4.90 Å². The molecule has 0 rings (SSSR count). The third-order valence-corrected chi connectivity index (χ3v) is 3.08. The fourth-order valence-corrected chi connectivity index (χ4v) is 1.73. The van der Waals surface area contributed by atoms with Gasteiger partial charge < -0.3 is 10.6 Å². The standard InChI is InChI=1S/C12H28N2/c1-5-7-8-12(9-13)14(4)10-11(3)6-2/h11-12H,5-10,13H2,1-4H3. The van der Waals surface area contributed by atoms with E-state index in [1.165, 1.54) is 32.2 Å². The van der Waals surface area contributed by atoms with Crippen LogP contribution in [-0.4, -0.2) is 31.1 Å². The SMILES string of the molecule is CCCCC(CN)N(C)CC(C)CC. The van der Waals surface area contributed by atoms with Gasteiger partial charge in [0.05, 0.1) is 0 Å². The van der Waals surface area contributed by atoms with Crippen LogP contribution in [0.5, 0.6) is 0 Å².